The molecule has 2 aliphatic rings. The van der Waals surface area contributed by atoms with Crippen LogP contribution in [0.2, 0.25) is 5.02 Å². The Morgan fingerprint density at radius 3 is 2.33 bits per heavy atom. The topological polar surface area (TPSA) is 73.4 Å². The summed E-state index contributed by atoms with van der Waals surface area (Å²) >= 11 is 6.32. The molecule has 0 bridgehead atoms. The molecule has 0 unspecified atom stereocenters. The predicted molar refractivity (Wildman–Crippen MR) is 171 cm³/mol. The normalized spacial score (nSPS) is 20.2. The van der Waals surface area contributed by atoms with Crippen LogP contribution in [0.1, 0.15) is 67.3 Å². The highest BCUT2D eigenvalue weighted by atomic mass is 35.5. The number of benzene rings is 2. The zero-order valence-electron chi connectivity index (χ0n) is 26.0. The molecule has 1 heterocycles. The number of nitrogens with zero attached hydrogens (tertiary/aromatic N) is 4. The Morgan fingerprint density at radius 2 is 1.60 bits per heavy atom. The Labute approximate surface area is 261 Å². The minimum atomic E-state index is -0.702. The van der Waals surface area contributed by atoms with E-state index < -0.39 is 6.04 Å². The van der Waals surface area contributed by atoms with Crippen molar-refractivity contribution < 1.29 is 19.1 Å². The van der Waals surface area contributed by atoms with Crippen molar-refractivity contribution in [2.24, 2.45) is 0 Å². The van der Waals surface area contributed by atoms with Crippen molar-refractivity contribution in [1.82, 2.24) is 19.6 Å². The molecule has 1 fully saturated rings. The maximum Gasteiger partial charge on any atom is 0.258 e. The highest BCUT2D eigenvalue weighted by Gasteiger charge is 2.32. The molecule has 1 saturated carbocycles. The monoisotopic (exact) mass is 610 g/mol. The minimum Gasteiger partial charge on any atom is -0.493 e. The van der Waals surface area contributed by atoms with Crippen LogP contribution in [0.4, 0.5) is 0 Å². The summed E-state index contributed by atoms with van der Waals surface area (Å²) in [7, 11) is 5.53. The average Bonchev–Trinajstić information content (AvgIpc) is 3.56. The number of hydrogen-bond acceptors (Lipinski definition) is 5. The van der Waals surface area contributed by atoms with Crippen molar-refractivity contribution in [2.75, 3.05) is 53.9 Å². The molecule has 1 atom stereocenters. The number of ether oxygens (including phenoxy) is 1. The lowest BCUT2D eigenvalue weighted by molar-refractivity contribution is -0.135. The third-order valence-corrected chi connectivity index (χ3v) is 9.07. The van der Waals surface area contributed by atoms with Gasteiger partial charge in [-0.05, 0) is 69.3 Å². The van der Waals surface area contributed by atoms with E-state index >= 15 is 0 Å². The molecular formula is C34H47ClN4O4. The first kappa shape index (κ1) is 32.8. The van der Waals surface area contributed by atoms with Gasteiger partial charge in [0.15, 0.2) is 0 Å². The lowest BCUT2D eigenvalue weighted by Crippen LogP contribution is -2.49. The number of hydrogen-bond donors (Lipinski definition) is 0. The molecule has 9 heteroatoms. The van der Waals surface area contributed by atoms with Crippen LogP contribution in [0.25, 0.3) is 0 Å². The van der Waals surface area contributed by atoms with E-state index in [-0.39, 0.29) is 17.7 Å². The van der Waals surface area contributed by atoms with Gasteiger partial charge in [0.1, 0.15) is 11.8 Å². The van der Waals surface area contributed by atoms with Gasteiger partial charge in [0.2, 0.25) is 11.8 Å². The first-order valence-electron chi connectivity index (χ1n) is 15.7. The number of likely N-dealkylation sites (N-methyl/N-ethyl adjacent to an activating group) is 3. The summed E-state index contributed by atoms with van der Waals surface area (Å²) in [5, 5.41) is 0.426. The van der Waals surface area contributed by atoms with Crippen LogP contribution < -0.4 is 4.74 Å². The number of fused-ring (bicyclic) bond motifs is 1. The van der Waals surface area contributed by atoms with Crippen molar-refractivity contribution in [3.05, 3.63) is 64.7 Å². The second-order valence-corrected chi connectivity index (χ2v) is 12.5. The zero-order valence-corrected chi connectivity index (χ0v) is 26.7. The smallest absolute Gasteiger partial charge is 0.258 e. The van der Waals surface area contributed by atoms with E-state index in [4.69, 9.17) is 16.3 Å². The first-order chi connectivity index (χ1) is 20.7. The molecule has 2 aromatic rings. The van der Waals surface area contributed by atoms with Gasteiger partial charge in [-0.2, -0.15) is 0 Å². The van der Waals surface area contributed by atoms with Crippen molar-refractivity contribution in [3.63, 3.8) is 0 Å². The quantitative estimate of drug-likeness (QED) is 0.469. The zero-order chi connectivity index (χ0) is 30.8. The van der Waals surface area contributed by atoms with Gasteiger partial charge in [-0.3, -0.25) is 19.3 Å². The van der Waals surface area contributed by atoms with Crippen LogP contribution in [0.3, 0.4) is 0 Å². The molecule has 0 aromatic heterocycles. The molecule has 8 nitrogen and oxygen atoms in total. The highest BCUT2D eigenvalue weighted by molar-refractivity contribution is 6.31. The van der Waals surface area contributed by atoms with E-state index in [9.17, 15) is 14.4 Å². The fourth-order valence-electron chi connectivity index (χ4n) is 6.11. The lowest BCUT2D eigenvalue weighted by Gasteiger charge is -2.32. The largest absolute Gasteiger partial charge is 0.493 e. The summed E-state index contributed by atoms with van der Waals surface area (Å²) in [5.41, 5.74) is 1.30. The van der Waals surface area contributed by atoms with Crippen LogP contribution in [-0.4, -0.2) is 103 Å². The molecule has 0 spiro atoms. The van der Waals surface area contributed by atoms with E-state index in [0.717, 1.165) is 44.1 Å². The van der Waals surface area contributed by atoms with E-state index in [0.29, 0.717) is 61.6 Å². The number of amides is 3. The van der Waals surface area contributed by atoms with E-state index in [1.54, 1.807) is 37.2 Å². The second kappa shape index (κ2) is 16.1. The summed E-state index contributed by atoms with van der Waals surface area (Å²) in [5.74, 6) is 0.163. The van der Waals surface area contributed by atoms with Gasteiger partial charge in [-0.1, -0.05) is 54.8 Å². The molecule has 0 saturated heterocycles. The molecule has 3 amide bonds. The molecule has 4 rings (SSSR count). The van der Waals surface area contributed by atoms with Gasteiger partial charge in [0.05, 0.1) is 18.7 Å². The van der Waals surface area contributed by atoms with Crippen molar-refractivity contribution >= 4 is 29.3 Å². The van der Waals surface area contributed by atoms with Gasteiger partial charge >= 0.3 is 0 Å². The highest BCUT2D eigenvalue weighted by Crippen LogP contribution is 2.26. The first-order valence-corrected chi connectivity index (χ1v) is 16.1. The van der Waals surface area contributed by atoms with Gasteiger partial charge in [0.25, 0.3) is 5.91 Å². The van der Waals surface area contributed by atoms with Gasteiger partial charge in [-0.25, -0.2) is 0 Å². The number of carbonyl (C=O) groups excluding carboxylic acids is 3. The van der Waals surface area contributed by atoms with Crippen LogP contribution >= 0.6 is 11.6 Å². The van der Waals surface area contributed by atoms with Crippen LogP contribution in [0.5, 0.6) is 5.75 Å². The van der Waals surface area contributed by atoms with Crippen molar-refractivity contribution in [1.29, 1.82) is 0 Å². The van der Waals surface area contributed by atoms with Crippen LogP contribution in [-0.2, 0) is 16.0 Å². The van der Waals surface area contributed by atoms with E-state index in [1.165, 1.54) is 17.7 Å². The Hall–Kier alpha value is -3.10. The predicted octanol–water partition coefficient (Wildman–Crippen LogP) is 5.14. The lowest BCUT2D eigenvalue weighted by atomic mass is 10.0. The fraction of sp³-hybridized carbons (Fsp3) is 0.559. The molecule has 0 N–H and O–H groups in total. The Bertz CT molecular complexity index is 1220. The summed E-state index contributed by atoms with van der Waals surface area (Å²) in [6.45, 7) is 2.70. The average molecular weight is 611 g/mol. The van der Waals surface area contributed by atoms with Crippen LogP contribution in [0.15, 0.2) is 48.5 Å². The maximum absolute atomic E-state index is 13.9. The van der Waals surface area contributed by atoms with E-state index in [1.807, 2.05) is 35.2 Å². The standard InChI is InChI=1S/C34H47ClN4O4/c1-36-19-9-10-20-39(32(40)25-37(2)28-15-7-8-16-28)21-11-12-22-43-31-18-17-27(35)24-29(31)33(41)38(3)30(34(36)42)23-26-13-5-4-6-14-26/h4-6,13-14,17-18,24,28,30H,7-12,15-16,19-23,25H2,1-3H3/t30-/m0/s1. The molecule has 1 aliphatic carbocycles. The van der Waals surface area contributed by atoms with Crippen molar-refractivity contribution in [2.45, 2.75) is 69.9 Å². The fourth-order valence-corrected chi connectivity index (χ4v) is 6.28. The molecule has 234 valence electrons. The summed E-state index contributed by atoms with van der Waals surface area (Å²) in [6, 6.07) is 14.6. The molecular weight excluding hydrogens is 564 g/mol. The number of rotatable bonds is 5. The summed E-state index contributed by atoms with van der Waals surface area (Å²) in [6.07, 6.45) is 8.30. The second-order valence-electron chi connectivity index (χ2n) is 12.0. The third-order valence-electron chi connectivity index (χ3n) is 8.83. The van der Waals surface area contributed by atoms with Gasteiger partial charge < -0.3 is 19.4 Å². The molecule has 1 aliphatic heterocycles. The summed E-state index contributed by atoms with van der Waals surface area (Å²) < 4.78 is 6.10. The minimum absolute atomic E-state index is 0.125. The Balaban J connectivity index is 1.53. The molecule has 2 aromatic carbocycles. The SMILES string of the molecule is CN1CCCCN(C(=O)CN(C)C2CCCC2)CCCCOc2ccc(Cl)cc2C(=O)N(C)[C@@H](Cc2ccccc2)C1=O. The Kier molecular flexibility index (Phi) is 12.3. The van der Waals surface area contributed by atoms with Crippen molar-refractivity contribution in [3.8, 4) is 5.75 Å². The summed E-state index contributed by atoms with van der Waals surface area (Å²) in [4.78, 5) is 48.5. The third kappa shape index (κ3) is 9.19. The Morgan fingerprint density at radius 1 is 0.930 bits per heavy atom. The maximum atomic E-state index is 13.9. The van der Waals surface area contributed by atoms with Crippen LogP contribution in [0, 0.1) is 0 Å². The number of carbonyl (C=O) groups is 3. The molecule has 43 heavy (non-hydrogen) atoms. The number of halogens is 1. The van der Waals surface area contributed by atoms with Gasteiger partial charge in [-0.15, -0.1) is 0 Å². The van der Waals surface area contributed by atoms with Gasteiger partial charge in [0, 0.05) is 51.2 Å². The van der Waals surface area contributed by atoms with E-state index in [2.05, 4.69) is 11.9 Å². The molecule has 0 radical (unpaired) electrons.